The van der Waals surface area contributed by atoms with E-state index < -0.39 is 0 Å². The summed E-state index contributed by atoms with van der Waals surface area (Å²) in [6, 6.07) is 28.1. The van der Waals surface area contributed by atoms with Gasteiger partial charge in [0.05, 0.1) is 11.7 Å². The summed E-state index contributed by atoms with van der Waals surface area (Å²) >= 11 is 5.81. The van der Waals surface area contributed by atoms with Gasteiger partial charge in [0.15, 0.2) is 5.11 Å². The minimum Gasteiger partial charge on any atom is -0.457 e. The molecule has 1 saturated heterocycles. The Bertz CT molecular complexity index is 1220. The van der Waals surface area contributed by atoms with Gasteiger partial charge in [0.1, 0.15) is 17.5 Å². The lowest BCUT2D eigenvalue weighted by molar-refractivity contribution is 0.482. The number of aromatic nitrogens is 2. The van der Waals surface area contributed by atoms with Crippen LogP contribution in [0.5, 0.6) is 11.5 Å². The molecule has 1 N–H and O–H groups in total. The molecule has 4 aromatic rings. The monoisotopic (exact) mass is 440 g/mol. The fourth-order valence-electron chi connectivity index (χ4n) is 4.16. The highest BCUT2D eigenvalue weighted by Gasteiger charge is 2.41. The zero-order chi connectivity index (χ0) is 22.1. The van der Waals surface area contributed by atoms with Gasteiger partial charge in [-0.3, -0.25) is 4.98 Å². The van der Waals surface area contributed by atoms with E-state index in [-0.39, 0.29) is 12.1 Å². The van der Waals surface area contributed by atoms with Gasteiger partial charge in [-0.2, -0.15) is 0 Å². The number of nitrogens with zero attached hydrogens (tertiary/aromatic N) is 3. The number of thiocarbonyl (C=S) groups is 1. The van der Waals surface area contributed by atoms with E-state index in [1.807, 2.05) is 66.9 Å². The predicted molar refractivity (Wildman–Crippen MR) is 131 cm³/mol. The maximum Gasteiger partial charge on any atom is 0.174 e. The van der Waals surface area contributed by atoms with E-state index in [0.29, 0.717) is 5.11 Å². The molecule has 5 nitrogen and oxygen atoms in total. The van der Waals surface area contributed by atoms with Crippen molar-refractivity contribution < 1.29 is 4.74 Å². The summed E-state index contributed by atoms with van der Waals surface area (Å²) < 4.78 is 8.18. The smallest absolute Gasteiger partial charge is 0.174 e. The van der Waals surface area contributed by atoms with Crippen molar-refractivity contribution >= 4 is 23.0 Å². The molecule has 1 aliphatic rings. The number of rotatable bonds is 5. The quantitative estimate of drug-likeness (QED) is 0.403. The van der Waals surface area contributed by atoms with Crippen LogP contribution in [0.1, 0.15) is 29.2 Å². The standard InChI is InChI=1S/C26H24N4OS/c1-18-11-16-23(29(18)2)25-24(22-10-6-7-17-27-22)28-26(32)30(25)19-12-14-21(15-13-19)31-20-8-4-3-5-9-20/h3-17,24-25H,1-2H3,(H,28,32)/t24-,25-/m0/s1. The molecular formula is C26H24N4OS. The van der Waals surface area contributed by atoms with Crippen molar-refractivity contribution in [2.45, 2.75) is 19.0 Å². The summed E-state index contributed by atoms with van der Waals surface area (Å²) in [6.45, 7) is 2.11. The molecule has 0 unspecified atom stereocenters. The van der Waals surface area contributed by atoms with Gasteiger partial charge >= 0.3 is 0 Å². The molecule has 32 heavy (non-hydrogen) atoms. The van der Waals surface area contributed by atoms with Gasteiger partial charge in [-0.05, 0) is 79.8 Å². The van der Waals surface area contributed by atoms with Crippen molar-refractivity contribution in [2.75, 3.05) is 4.90 Å². The molecule has 3 heterocycles. The van der Waals surface area contributed by atoms with Crippen molar-refractivity contribution in [2.24, 2.45) is 7.05 Å². The molecule has 0 saturated carbocycles. The van der Waals surface area contributed by atoms with Crippen LogP contribution >= 0.6 is 12.2 Å². The van der Waals surface area contributed by atoms with Gasteiger partial charge < -0.3 is 19.5 Å². The molecule has 0 radical (unpaired) electrons. The third-order valence-corrected chi connectivity index (χ3v) is 6.22. The van der Waals surface area contributed by atoms with Crippen LogP contribution in [0.4, 0.5) is 5.69 Å². The second kappa shape index (κ2) is 8.48. The van der Waals surface area contributed by atoms with E-state index in [4.69, 9.17) is 17.0 Å². The highest BCUT2D eigenvalue weighted by Crippen LogP contribution is 2.42. The lowest BCUT2D eigenvalue weighted by atomic mass is 10.0. The molecule has 5 rings (SSSR count). The maximum atomic E-state index is 5.97. The maximum absolute atomic E-state index is 5.97. The number of hydrogen-bond donors (Lipinski definition) is 1. The second-order valence-corrected chi connectivity index (χ2v) is 8.25. The van der Waals surface area contributed by atoms with Crippen molar-refractivity contribution in [1.29, 1.82) is 0 Å². The topological polar surface area (TPSA) is 42.3 Å². The molecule has 2 aromatic carbocycles. The van der Waals surface area contributed by atoms with Crippen LogP contribution in [0.25, 0.3) is 0 Å². The van der Waals surface area contributed by atoms with Crippen LogP contribution in [-0.4, -0.2) is 14.7 Å². The fourth-order valence-corrected chi connectivity index (χ4v) is 4.51. The first-order valence-electron chi connectivity index (χ1n) is 10.6. The number of nitrogens with one attached hydrogen (secondary N) is 1. The van der Waals surface area contributed by atoms with Gasteiger partial charge in [-0.15, -0.1) is 0 Å². The van der Waals surface area contributed by atoms with Crippen LogP contribution < -0.4 is 15.0 Å². The SMILES string of the molecule is Cc1ccc([C@H]2[C@H](c3ccccn3)NC(=S)N2c2ccc(Oc3ccccc3)cc2)n1C. The third kappa shape index (κ3) is 3.74. The summed E-state index contributed by atoms with van der Waals surface area (Å²) in [5.74, 6) is 1.59. The molecule has 0 spiro atoms. The van der Waals surface area contributed by atoms with Gasteiger partial charge in [-0.1, -0.05) is 24.3 Å². The largest absolute Gasteiger partial charge is 0.457 e. The molecule has 2 aromatic heterocycles. The fraction of sp³-hybridized carbons (Fsp3) is 0.154. The lowest BCUT2D eigenvalue weighted by Gasteiger charge is -2.28. The number of para-hydroxylation sites is 1. The zero-order valence-corrected chi connectivity index (χ0v) is 18.8. The Morgan fingerprint density at radius 2 is 1.59 bits per heavy atom. The van der Waals surface area contributed by atoms with Crippen molar-refractivity contribution in [3.05, 3.63) is 108 Å². The van der Waals surface area contributed by atoms with E-state index in [1.54, 1.807) is 0 Å². The number of ether oxygens (including phenoxy) is 1. The van der Waals surface area contributed by atoms with E-state index in [2.05, 4.69) is 58.0 Å². The Balaban J connectivity index is 1.51. The van der Waals surface area contributed by atoms with Gasteiger partial charge in [-0.25, -0.2) is 0 Å². The normalized spacial score (nSPS) is 17.9. The van der Waals surface area contributed by atoms with Crippen molar-refractivity contribution in [3.63, 3.8) is 0 Å². The summed E-state index contributed by atoms with van der Waals surface area (Å²) in [5.41, 5.74) is 4.34. The van der Waals surface area contributed by atoms with E-state index in [0.717, 1.165) is 22.9 Å². The number of benzene rings is 2. The molecule has 160 valence electrons. The zero-order valence-electron chi connectivity index (χ0n) is 18.0. The Hall–Kier alpha value is -3.64. The molecule has 1 aliphatic heterocycles. The first-order chi connectivity index (χ1) is 15.6. The average Bonchev–Trinajstić information content (AvgIpc) is 3.34. The highest BCUT2D eigenvalue weighted by molar-refractivity contribution is 7.80. The summed E-state index contributed by atoms with van der Waals surface area (Å²) in [6.07, 6.45) is 1.83. The minimum atomic E-state index is -0.0584. The van der Waals surface area contributed by atoms with Gasteiger partial charge in [0.2, 0.25) is 0 Å². The lowest BCUT2D eigenvalue weighted by Crippen LogP contribution is -2.30. The number of pyridine rings is 1. The average molecular weight is 441 g/mol. The summed E-state index contributed by atoms with van der Waals surface area (Å²) in [5, 5.41) is 4.19. The highest BCUT2D eigenvalue weighted by atomic mass is 32.1. The van der Waals surface area contributed by atoms with Crippen LogP contribution in [-0.2, 0) is 7.05 Å². The summed E-state index contributed by atoms with van der Waals surface area (Å²) in [4.78, 5) is 6.79. The third-order valence-electron chi connectivity index (χ3n) is 5.91. The van der Waals surface area contributed by atoms with E-state index in [1.165, 1.54) is 11.4 Å². The van der Waals surface area contributed by atoms with E-state index >= 15 is 0 Å². The molecular weight excluding hydrogens is 416 g/mol. The molecule has 0 bridgehead atoms. The molecule has 0 aliphatic carbocycles. The predicted octanol–water partition coefficient (Wildman–Crippen LogP) is 5.70. The van der Waals surface area contributed by atoms with Crippen LogP contribution in [0, 0.1) is 6.92 Å². The Kier molecular flexibility index (Phi) is 5.37. The second-order valence-electron chi connectivity index (χ2n) is 7.86. The van der Waals surface area contributed by atoms with Gasteiger partial charge in [0, 0.05) is 30.3 Å². The van der Waals surface area contributed by atoms with Crippen LogP contribution in [0.3, 0.4) is 0 Å². The summed E-state index contributed by atoms with van der Waals surface area (Å²) in [7, 11) is 2.09. The van der Waals surface area contributed by atoms with Crippen LogP contribution in [0.15, 0.2) is 91.1 Å². The molecule has 2 atom stereocenters. The molecule has 0 amide bonds. The van der Waals surface area contributed by atoms with Gasteiger partial charge in [0.25, 0.3) is 0 Å². The number of aryl methyl sites for hydroxylation is 1. The Labute approximate surface area is 193 Å². The number of anilines is 1. The first-order valence-corrected chi connectivity index (χ1v) is 11.0. The Morgan fingerprint density at radius 3 is 2.25 bits per heavy atom. The van der Waals surface area contributed by atoms with Crippen molar-refractivity contribution in [3.8, 4) is 11.5 Å². The molecule has 1 fully saturated rings. The van der Waals surface area contributed by atoms with Crippen LogP contribution in [0.2, 0.25) is 0 Å². The number of hydrogen-bond acceptors (Lipinski definition) is 3. The van der Waals surface area contributed by atoms with Crippen molar-refractivity contribution in [1.82, 2.24) is 14.9 Å². The first kappa shape index (κ1) is 20.3. The Morgan fingerprint density at radius 1 is 0.875 bits per heavy atom. The van der Waals surface area contributed by atoms with E-state index in [9.17, 15) is 0 Å². The minimum absolute atomic E-state index is 0.0306. The molecule has 6 heteroatoms.